The van der Waals surface area contributed by atoms with E-state index in [1.165, 1.54) is 8.27 Å². The van der Waals surface area contributed by atoms with Crippen molar-refractivity contribution >= 4 is 55.6 Å². The zero-order valence-corrected chi connectivity index (χ0v) is 11.2. The highest BCUT2D eigenvalue weighted by atomic mass is 127. The molecular weight excluding hydrogens is 331 g/mol. The van der Waals surface area contributed by atoms with Gasteiger partial charge in [-0.25, -0.2) is 0 Å². The Morgan fingerprint density at radius 2 is 2.21 bits per heavy atom. The van der Waals surface area contributed by atoms with Crippen LogP contribution in [-0.4, -0.2) is 6.61 Å². The molecule has 4 heteroatoms. The maximum atomic E-state index is 5.97. The average molecular weight is 339 g/mol. The lowest BCUT2D eigenvalue weighted by Gasteiger charge is -1.94. The highest BCUT2D eigenvalue weighted by Gasteiger charge is 2.06. The lowest BCUT2D eigenvalue weighted by molar-refractivity contribution is 0.350. The van der Waals surface area contributed by atoms with Gasteiger partial charge in [-0.1, -0.05) is 22.9 Å². The van der Waals surface area contributed by atoms with Crippen LogP contribution in [0.5, 0.6) is 5.06 Å². The van der Waals surface area contributed by atoms with Crippen LogP contribution in [0.15, 0.2) is 18.2 Å². The number of fused-ring (bicyclic) bond motifs is 1. The second kappa shape index (κ2) is 4.24. The number of benzene rings is 1. The van der Waals surface area contributed by atoms with E-state index in [2.05, 4.69) is 22.6 Å². The molecule has 74 valence electrons. The molecule has 0 atom stereocenters. The van der Waals surface area contributed by atoms with Gasteiger partial charge in [-0.2, -0.15) is 0 Å². The molecule has 2 rings (SSSR count). The van der Waals surface area contributed by atoms with Crippen LogP contribution in [0.2, 0.25) is 5.02 Å². The van der Waals surface area contributed by atoms with Gasteiger partial charge in [0.15, 0.2) is 5.06 Å². The highest BCUT2D eigenvalue weighted by Crippen LogP contribution is 2.36. The minimum absolute atomic E-state index is 0.705. The van der Waals surface area contributed by atoms with Crippen molar-refractivity contribution in [3.8, 4) is 5.06 Å². The summed E-state index contributed by atoms with van der Waals surface area (Å²) in [6.07, 6.45) is 0. The van der Waals surface area contributed by atoms with Gasteiger partial charge in [-0.3, -0.25) is 0 Å². The first-order valence-corrected chi connectivity index (χ1v) is 6.49. The molecule has 0 spiro atoms. The molecule has 0 saturated carbocycles. The first-order chi connectivity index (χ1) is 6.70. The second-order valence-corrected chi connectivity index (χ2v) is 5.42. The lowest BCUT2D eigenvalue weighted by Crippen LogP contribution is -1.86. The lowest BCUT2D eigenvalue weighted by atomic mass is 10.3. The summed E-state index contributed by atoms with van der Waals surface area (Å²) in [5.41, 5.74) is 0. The fourth-order valence-corrected chi connectivity index (χ4v) is 3.61. The van der Waals surface area contributed by atoms with Crippen LogP contribution in [0.3, 0.4) is 0 Å². The Bertz CT molecular complexity index is 466. The smallest absolute Gasteiger partial charge is 0.174 e. The van der Waals surface area contributed by atoms with Crippen molar-refractivity contribution in [2.24, 2.45) is 0 Å². The van der Waals surface area contributed by atoms with Crippen LogP contribution >= 0.6 is 45.5 Å². The third-order valence-electron chi connectivity index (χ3n) is 1.80. The SMILES string of the molecule is CCOc1cc2cc(Cl)cc(I)c2s1. The van der Waals surface area contributed by atoms with E-state index in [4.69, 9.17) is 16.3 Å². The number of hydrogen-bond donors (Lipinski definition) is 0. The number of halogens is 2. The Balaban J connectivity index is 2.58. The maximum Gasteiger partial charge on any atom is 0.174 e. The molecule has 0 saturated heterocycles. The first-order valence-electron chi connectivity index (χ1n) is 4.22. The van der Waals surface area contributed by atoms with Crippen molar-refractivity contribution in [2.45, 2.75) is 6.92 Å². The summed E-state index contributed by atoms with van der Waals surface area (Å²) >= 11 is 9.93. The van der Waals surface area contributed by atoms with Gasteiger partial charge in [0.1, 0.15) is 0 Å². The molecule has 0 N–H and O–H groups in total. The van der Waals surface area contributed by atoms with Gasteiger partial charge in [0.05, 0.1) is 11.3 Å². The Morgan fingerprint density at radius 1 is 1.43 bits per heavy atom. The van der Waals surface area contributed by atoms with Crippen LogP contribution in [-0.2, 0) is 0 Å². The van der Waals surface area contributed by atoms with Crippen molar-refractivity contribution in [1.82, 2.24) is 0 Å². The van der Waals surface area contributed by atoms with Gasteiger partial charge in [-0.05, 0) is 53.1 Å². The summed E-state index contributed by atoms with van der Waals surface area (Å²) in [7, 11) is 0. The molecule has 1 aromatic carbocycles. The van der Waals surface area contributed by atoms with E-state index in [1.807, 2.05) is 25.1 Å². The fourth-order valence-electron chi connectivity index (χ4n) is 1.27. The highest BCUT2D eigenvalue weighted by molar-refractivity contribution is 14.1. The van der Waals surface area contributed by atoms with Gasteiger partial charge in [0, 0.05) is 8.59 Å². The van der Waals surface area contributed by atoms with Crippen LogP contribution in [0.4, 0.5) is 0 Å². The average Bonchev–Trinajstić information content (AvgIpc) is 2.48. The van der Waals surface area contributed by atoms with Crippen molar-refractivity contribution in [3.63, 3.8) is 0 Å². The maximum absolute atomic E-state index is 5.97. The van der Waals surface area contributed by atoms with E-state index in [-0.39, 0.29) is 0 Å². The first kappa shape index (κ1) is 10.5. The number of rotatable bonds is 2. The second-order valence-electron chi connectivity index (χ2n) is 2.80. The normalized spacial score (nSPS) is 10.8. The molecule has 0 fully saturated rings. The fraction of sp³-hybridized carbons (Fsp3) is 0.200. The molecule has 1 nitrogen and oxygen atoms in total. The summed E-state index contributed by atoms with van der Waals surface area (Å²) in [6, 6.07) is 5.98. The Hall–Kier alpha value is -0.0000000000000000833. The van der Waals surface area contributed by atoms with E-state index >= 15 is 0 Å². The van der Waals surface area contributed by atoms with E-state index in [0.29, 0.717) is 6.61 Å². The van der Waals surface area contributed by atoms with Crippen molar-refractivity contribution in [2.75, 3.05) is 6.61 Å². The summed E-state index contributed by atoms with van der Waals surface area (Å²) in [6.45, 7) is 2.69. The van der Waals surface area contributed by atoms with Gasteiger partial charge < -0.3 is 4.74 Å². The Morgan fingerprint density at radius 3 is 2.93 bits per heavy atom. The van der Waals surface area contributed by atoms with E-state index in [0.717, 1.165) is 15.5 Å². The number of thiophene rings is 1. The van der Waals surface area contributed by atoms with Gasteiger partial charge >= 0.3 is 0 Å². The Kier molecular flexibility index (Phi) is 3.19. The van der Waals surface area contributed by atoms with Crippen molar-refractivity contribution in [3.05, 3.63) is 26.8 Å². The summed E-state index contributed by atoms with van der Waals surface area (Å²) in [5, 5.41) is 2.90. The summed E-state index contributed by atoms with van der Waals surface area (Å²) in [5.74, 6) is 0. The molecule has 0 aliphatic carbocycles. The predicted molar refractivity (Wildman–Crippen MR) is 70.7 cm³/mol. The minimum Gasteiger partial charge on any atom is -0.484 e. The standard InChI is InChI=1S/C10H8ClIOS/c1-2-13-9-4-6-3-7(11)5-8(12)10(6)14-9/h3-5H,2H2,1H3. The van der Waals surface area contributed by atoms with Gasteiger partial charge in [0.2, 0.25) is 0 Å². The van der Waals surface area contributed by atoms with Crippen LogP contribution in [0.25, 0.3) is 10.1 Å². The third-order valence-corrected chi connectivity index (χ3v) is 4.33. The largest absolute Gasteiger partial charge is 0.484 e. The Labute approximate surface area is 105 Å². The van der Waals surface area contributed by atoms with E-state index < -0.39 is 0 Å². The molecule has 0 bridgehead atoms. The van der Waals surface area contributed by atoms with Crippen LogP contribution < -0.4 is 4.74 Å². The molecule has 2 aromatic rings. The van der Waals surface area contributed by atoms with Crippen molar-refractivity contribution in [1.29, 1.82) is 0 Å². The quantitative estimate of drug-likeness (QED) is 0.730. The molecule has 0 amide bonds. The van der Waals surface area contributed by atoms with Gasteiger partial charge in [0.25, 0.3) is 0 Å². The van der Waals surface area contributed by atoms with Crippen molar-refractivity contribution < 1.29 is 4.74 Å². The minimum atomic E-state index is 0.705. The molecule has 1 aromatic heterocycles. The molecule has 1 heterocycles. The third kappa shape index (κ3) is 1.99. The summed E-state index contributed by atoms with van der Waals surface area (Å²) in [4.78, 5) is 0. The zero-order chi connectivity index (χ0) is 10.1. The van der Waals surface area contributed by atoms with E-state index in [1.54, 1.807) is 11.3 Å². The molecule has 0 unspecified atom stereocenters. The molecule has 14 heavy (non-hydrogen) atoms. The molecular formula is C10H8ClIOS. The summed E-state index contributed by atoms with van der Waals surface area (Å²) < 4.78 is 7.89. The molecule has 0 radical (unpaired) electrons. The van der Waals surface area contributed by atoms with Gasteiger partial charge in [-0.15, -0.1) is 0 Å². The van der Waals surface area contributed by atoms with Crippen LogP contribution in [0, 0.1) is 3.57 Å². The van der Waals surface area contributed by atoms with E-state index in [9.17, 15) is 0 Å². The molecule has 0 aliphatic heterocycles. The molecule has 0 aliphatic rings. The number of ether oxygens (including phenoxy) is 1. The zero-order valence-electron chi connectivity index (χ0n) is 7.51. The number of hydrogen-bond acceptors (Lipinski definition) is 2. The monoisotopic (exact) mass is 338 g/mol. The predicted octanol–water partition coefficient (Wildman–Crippen LogP) is 4.56. The topological polar surface area (TPSA) is 9.23 Å². The van der Waals surface area contributed by atoms with Crippen LogP contribution in [0.1, 0.15) is 6.92 Å².